The number of benzene rings is 1. The van der Waals surface area contributed by atoms with E-state index in [1.807, 2.05) is 0 Å². The molecule has 0 fully saturated rings. The first-order chi connectivity index (χ1) is 10.2. The van der Waals surface area contributed by atoms with Gasteiger partial charge in [0, 0.05) is 12.5 Å². The summed E-state index contributed by atoms with van der Waals surface area (Å²) in [6, 6.07) is 5.90. The summed E-state index contributed by atoms with van der Waals surface area (Å²) in [6.07, 6.45) is 0. The zero-order valence-electron chi connectivity index (χ0n) is 11.1. The van der Waals surface area contributed by atoms with E-state index in [2.05, 4.69) is 20.3 Å². The van der Waals surface area contributed by atoms with E-state index < -0.39 is 0 Å². The molecule has 6 nitrogen and oxygen atoms in total. The van der Waals surface area contributed by atoms with Crippen LogP contribution in [0.5, 0.6) is 0 Å². The van der Waals surface area contributed by atoms with Gasteiger partial charge in [0.25, 0.3) is 5.89 Å². The van der Waals surface area contributed by atoms with E-state index in [0.29, 0.717) is 40.6 Å². The van der Waals surface area contributed by atoms with Crippen molar-refractivity contribution in [3.63, 3.8) is 0 Å². The molecule has 21 heavy (non-hydrogen) atoms. The zero-order valence-corrected chi connectivity index (χ0v) is 11.9. The number of nitrogens with zero attached hydrogens (tertiary/aromatic N) is 4. The van der Waals surface area contributed by atoms with Gasteiger partial charge in [-0.2, -0.15) is 4.98 Å². The standard InChI is InChI=1S/C13H11FN4O2S/c1-8-16-17-12(19-8)7-21-6-11-15-13(20-18-11)9-2-4-10(14)5-3-9/h2-5H,6-7H2,1H3. The van der Waals surface area contributed by atoms with Gasteiger partial charge >= 0.3 is 0 Å². The predicted octanol–water partition coefficient (Wildman–Crippen LogP) is 3.00. The maximum atomic E-state index is 12.8. The molecule has 0 N–H and O–H groups in total. The van der Waals surface area contributed by atoms with Crippen LogP contribution < -0.4 is 0 Å². The number of hydrogen-bond acceptors (Lipinski definition) is 7. The average molecular weight is 306 g/mol. The normalized spacial score (nSPS) is 11.0. The second kappa shape index (κ2) is 6.04. The topological polar surface area (TPSA) is 77.8 Å². The minimum absolute atomic E-state index is 0.302. The molecule has 0 amide bonds. The molecule has 0 aliphatic heterocycles. The molecule has 3 aromatic rings. The average Bonchev–Trinajstić information content (AvgIpc) is 3.09. The summed E-state index contributed by atoms with van der Waals surface area (Å²) < 4.78 is 23.3. The van der Waals surface area contributed by atoms with Gasteiger partial charge in [-0.3, -0.25) is 0 Å². The number of rotatable bonds is 5. The Kier molecular flexibility index (Phi) is 3.96. The lowest BCUT2D eigenvalue weighted by Crippen LogP contribution is -1.86. The summed E-state index contributed by atoms with van der Waals surface area (Å²) in [7, 11) is 0. The van der Waals surface area contributed by atoms with Gasteiger partial charge in [0.15, 0.2) is 5.82 Å². The SMILES string of the molecule is Cc1nnc(CSCc2noc(-c3ccc(F)cc3)n2)o1. The molecule has 0 unspecified atom stereocenters. The fourth-order valence-corrected chi connectivity index (χ4v) is 2.34. The van der Waals surface area contributed by atoms with Gasteiger partial charge in [0.2, 0.25) is 11.8 Å². The lowest BCUT2D eigenvalue weighted by atomic mass is 10.2. The first-order valence-electron chi connectivity index (χ1n) is 6.16. The molecule has 3 rings (SSSR count). The van der Waals surface area contributed by atoms with E-state index in [4.69, 9.17) is 8.94 Å². The highest BCUT2D eigenvalue weighted by Crippen LogP contribution is 2.20. The highest BCUT2D eigenvalue weighted by Gasteiger charge is 2.10. The highest BCUT2D eigenvalue weighted by atomic mass is 32.2. The fraction of sp³-hybridized carbons (Fsp3) is 0.231. The minimum Gasteiger partial charge on any atom is -0.425 e. The number of thioether (sulfide) groups is 1. The Hall–Kier alpha value is -2.22. The maximum absolute atomic E-state index is 12.8. The van der Waals surface area contributed by atoms with Gasteiger partial charge in [-0.15, -0.1) is 22.0 Å². The fourth-order valence-electron chi connectivity index (χ4n) is 1.65. The number of hydrogen-bond donors (Lipinski definition) is 0. The van der Waals surface area contributed by atoms with Crippen molar-refractivity contribution < 1.29 is 13.3 Å². The summed E-state index contributed by atoms with van der Waals surface area (Å²) in [5, 5.41) is 11.5. The largest absolute Gasteiger partial charge is 0.425 e. The molecule has 0 spiro atoms. The predicted molar refractivity (Wildman–Crippen MR) is 73.7 cm³/mol. The van der Waals surface area contributed by atoms with Crippen molar-refractivity contribution in [1.82, 2.24) is 20.3 Å². The van der Waals surface area contributed by atoms with Gasteiger partial charge in [-0.25, -0.2) is 4.39 Å². The Bertz CT molecular complexity index is 726. The van der Waals surface area contributed by atoms with Crippen LogP contribution >= 0.6 is 11.8 Å². The Balaban J connectivity index is 1.59. The molecule has 0 radical (unpaired) electrons. The van der Waals surface area contributed by atoms with Crippen LogP contribution in [0.2, 0.25) is 0 Å². The Morgan fingerprint density at radius 1 is 1.14 bits per heavy atom. The van der Waals surface area contributed by atoms with E-state index in [-0.39, 0.29) is 5.82 Å². The molecular weight excluding hydrogens is 295 g/mol. The van der Waals surface area contributed by atoms with Crippen LogP contribution in [0, 0.1) is 12.7 Å². The lowest BCUT2D eigenvalue weighted by Gasteiger charge is -1.93. The third-order valence-corrected chi connectivity index (χ3v) is 3.50. The first-order valence-corrected chi connectivity index (χ1v) is 7.31. The molecule has 0 atom stereocenters. The van der Waals surface area contributed by atoms with Gasteiger partial charge in [-0.1, -0.05) is 5.16 Å². The van der Waals surface area contributed by atoms with Crippen molar-refractivity contribution >= 4 is 11.8 Å². The third kappa shape index (κ3) is 3.46. The Labute approximate surface area is 123 Å². The van der Waals surface area contributed by atoms with Crippen molar-refractivity contribution in [2.24, 2.45) is 0 Å². The summed E-state index contributed by atoms with van der Waals surface area (Å²) >= 11 is 1.54. The van der Waals surface area contributed by atoms with Crippen LogP contribution in [-0.4, -0.2) is 20.3 Å². The number of aryl methyl sites for hydroxylation is 1. The van der Waals surface area contributed by atoms with E-state index in [1.165, 1.54) is 12.1 Å². The van der Waals surface area contributed by atoms with Gasteiger partial charge < -0.3 is 8.94 Å². The van der Waals surface area contributed by atoms with Crippen molar-refractivity contribution in [2.75, 3.05) is 0 Å². The summed E-state index contributed by atoms with van der Waals surface area (Å²) in [6.45, 7) is 1.75. The lowest BCUT2D eigenvalue weighted by molar-refractivity contribution is 0.425. The highest BCUT2D eigenvalue weighted by molar-refractivity contribution is 7.97. The molecule has 108 valence electrons. The van der Waals surface area contributed by atoms with Crippen LogP contribution in [0.3, 0.4) is 0 Å². The van der Waals surface area contributed by atoms with Crippen molar-refractivity contribution in [1.29, 1.82) is 0 Å². The van der Waals surface area contributed by atoms with Crippen molar-refractivity contribution in [3.8, 4) is 11.5 Å². The van der Waals surface area contributed by atoms with Crippen molar-refractivity contribution in [2.45, 2.75) is 18.4 Å². The molecule has 0 bridgehead atoms. The minimum atomic E-state index is -0.302. The summed E-state index contributed by atoms with van der Waals surface area (Å²) in [4.78, 5) is 4.26. The molecule has 2 heterocycles. The van der Waals surface area contributed by atoms with Crippen LogP contribution in [0.1, 0.15) is 17.6 Å². The molecule has 0 saturated carbocycles. The summed E-state index contributed by atoms with van der Waals surface area (Å²) in [5.41, 5.74) is 0.688. The van der Waals surface area contributed by atoms with E-state index in [0.717, 1.165) is 0 Å². The van der Waals surface area contributed by atoms with E-state index in [9.17, 15) is 4.39 Å². The molecule has 0 aliphatic carbocycles. The van der Waals surface area contributed by atoms with E-state index in [1.54, 1.807) is 30.8 Å². The third-order valence-electron chi connectivity index (χ3n) is 2.58. The molecule has 2 aromatic heterocycles. The van der Waals surface area contributed by atoms with Crippen LogP contribution in [0.4, 0.5) is 4.39 Å². The molecular formula is C13H11FN4O2S. The van der Waals surface area contributed by atoms with Gasteiger partial charge in [0.05, 0.1) is 11.5 Å². The Morgan fingerprint density at radius 2 is 1.95 bits per heavy atom. The van der Waals surface area contributed by atoms with E-state index >= 15 is 0 Å². The monoisotopic (exact) mass is 306 g/mol. The van der Waals surface area contributed by atoms with Gasteiger partial charge in [-0.05, 0) is 24.3 Å². The molecule has 1 aromatic carbocycles. The first kappa shape index (κ1) is 13.7. The Morgan fingerprint density at radius 3 is 2.67 bits per heavy atom. The second-order valence-electron chi connectivity index (χ2n) is 4.23. The number of aromatic nitrogens is 4. The maximum Gasteiger partial charge on any atom is 0.257 e. The van der Waals surface area contributed by atoms with Crippen LogP contribution in [0.15, 0.2) is 33.2 Å². The zero-order chi connectivity index (χ0) is 14.7. The second-order valence-corrected chi connectivity index (χ2v) is 5.22. The smallest absolute Gasteiger partial charge is 0.257 e. The summed E-state index contributed by atoms with van der Waals surface area (Å²) in [5.74, 6) is 2.90. The molecule has 8 heteroatoms. The van der Waals surface area contributed by atoms with Crippen LogP contribution in [-0.2, 0) is 11.5 Å². The molecule has 0 saturated heterocycles. The quantitative estimate of drug-likeness (QED) is 0.717. The van der Waals surface area contributed by atoms with Crippen molar-refractivity contribution in [3.05, 3.63) is 47.7 Å². The molecule has 0 aliphatic rings. The van der Waals surface area contributed by atoms with Gasteiger partial charge in [0.1, 0.15) is 5.82 Å². The number of halogens is 1. The van der Waals surface area contributed by atoms with Crippen LogP contribution in [0.25, 0.3) is 11.5 Å².